The number of hydrogen-bond acceptors (Lipinski definition) is 4. The average Bonchev–Trinajstić information content (AvgIpc) is 2.69. The molecule has 0 spiro atoms. The number of carbonyl (C=O) groups is 2. The zero-order chi connectivity index (χ0) is 13.4. The van der Waals surface area contributed by atoms with E-state index in [0.717, 1.165) is 6.42 Å². The number of hydrogen-bond donors (Lipinski definition) is 1. The fourth-order valence-corrected chi connectivity index (χ4v) is 2.01. The van der Waals surface area contributed by atoms with Crippen LogP contribution in [0.3, 0.4) is 0 Å². The highest BCUT2D eigenvalue weighted by molar-refractivity contribution is 5.95. The number of ether oxygens (including phenoxy) is 1. The molecule has 0 unspecified atom stereocenters. The Morgan fingerprint density at radius 1 is 1.50 bits per heavy atom. The van der Waals surface area contributed by atoms with Gasteiger partial charge in [-0.25, -0.2) is 0 Å². The van der Waals surface area contributed by atoms with Gasteiger partial charge in [-0.15, -0.1) is 0 Å². The second kappa shape index (κ2) is 7.82. The fraction of sp³-hybridized carbons (Fsp3) is 0.571. The van der Waals surface area contributed by atoms with Crippen molar-refractivity contribution in [1.82, 2.24) is 0 Å². The maximum atomic E-state index is 11.7. The summed E-state index contributed by atoms with van der Waals surface area (Å²) in [7, 11) is 0. The Labute approximate surface area is 107 Å². The molecule has 0 aliphatic heterocycles. The molecule has 0 aromatic carbocycles. The Morgan fingerprint density at radius 2 is 2.28 bits per heavy atom. The molecule has 18 heavy (non-hydrogen) atoms. The van der Waals surface area contributed by atoms with Crippen LogP contribution in [0.25, 0.3) is 0 Å². The topological polar surface area (TPSA) is 63.6 Å². The number of ketones is 1. The highest BCUT2D eigenvalue weighted by Crippen LogP contribution is 2.29. The van der Waals surface area contributed by atoms with Gasteiger partial charge in [0.15, 0.2) is 5.78 Å². The first kappa shape index (κ1) is 14.6. The van der Waals surface area contributed by atoms with Gasteiger partial charge in [-0.1, -0.05) is 25.2 Å². The van der Waals surface area contributed by atoms with E-state index in [1.807, 2.05) is 19.1 Å². The lowest BCUT2D eigenvalue weighted by Crippen LogP contribution is -2.20. The molecule has 0 amide bonds. The SMILES string of the molecule is CC/C=C\C[C@H]1C(=O)C=C[C@H]1CC(=O)OCCO. The van der Waals surface area contributed by atoms with Gasteiger partial charge < -0.3 is 9.84 Å². The average molecular weight is 252 g/mol. The first-order chi connectivity index (χ1) is 8.69. The van der Waals surface area contributed by atoms with Gasteiger partial charge in [-0.05, 0) is 24.8 Å². The van der Waals surface area contributed by atoms with Crippen molar-refractivity contribution in [3.8, 4) is 0 Å². The first-order valence-electron chi connectivity index (χ1n) is 6.32. The summed E-state index contributed by atoms with van der Waals surface area (Å²) in [5.41, 5.74) is 0. The zero-order valence-corrected chi connectivity index (χ0v) is 10.7. The van der Waals surface area contributed by atoms with E-state index >= 15 is 0 Å². The third-order valence-corrected chi connectivity index (χ3v) is 2.94. The van der Waals surface area contributed by atoms with E-state index in [-0.39, 0.29) is 43.2 Å². The Morgan fingerprint density at radius 3 is 2.94 bits per heavy atom. The van der Waals surface area contributed by atoms with Crippen molar-refractivity contribution in [3.63, 3.8) is 0 Å². The van der Waals surface area contributed by atoms with Crippen LogP contribution in [-0.2, 0) is 14.3 Å². The maximum Gasteiger partial charge on any atom is 0.306 e. The third kappa shape index (κ3) is 4.45. The van der Waals surface area contributed by atoms with Crippen LogP contribution in [0, 0.1) is 11.8 Å². The predicted molar refractivity (Wildman–Crippen MR) is 67.8 cm³/mol. The van der Waals surface area contributed by atoms with Gasteiger partial charge in [0.1, 0.15) is 6.61 Å². The van der Waals surface area contributed by atoms with Crippen molar-refractivity contribution in [3.05, 3.63) is 24.3 Å². The van der Waals surface area contributed by atoms with Gasteiger partial charge >= 0.3 is 5.97 Å². The molecule has 0 heterocycles. The molecule has 1 aliphatic rings. The molecule has 0 bridgehead atoms. The zero-order valence-electron chi connectivity index (χ0n) is 10.7. The van der Waals surface area contributed by atoms with Crippen LogP contribution in [0.4, 0.5) is 0 Å². The van der Waals surface area contributed by atoms with Gasteiger partial charge in [0.2, 0.25) is 0 Å². The Bertz CT molecular complexity index is 344. The lowest BCUT2D eigenvalue weighted by molar-refractivity contribution is -0.145. The van der Waals surface area contributed by atoms with E-state index in [1.165, 1.54) is 0 Å². The van der Waals surface area contributed by atoms with E-state index < -0.39 is 0 Å². The molecule has 0 saturated heterocycles. The van der Waals surface area contributed by atoms with Crippen molar-refractivity contribution >= 4 is 11.8 Å². The van der Waals surface area contributed by atoms with E-state index in [2.05, 4.69) is 0 Å². The van der Waals surface area contributed by atoms with Gasteiger partial charge in [0.05, 0.1) is 13.0 Å². The summed E-state index contributed by atoms with van der Waals surface area (Å²) in [5, 5.41) is 8.56. The van der Waals surface area contributed by atoms with Gasteiger partial charge in [-0.2, -0.15) is 0 Å². The molecule has 1 N–H and O–H groups in total. The number of aliphatic hydroxyl groups excluding tert-OH is 1. The Balaban J connectivity index is 2.47. The van der Waals surface area contributed by atoms with Crippen LogP contribution >= 0.6 is 0 Å². The number of aliphatic hydroxyl groups is 1. The minimum Gasteiger partial charge on any atom is -0.463 e. The lowest BCUT2D eigenvalue weighted by Gasteiger charge is -2.15. The molecule has 0 saturated carbocycles. The number of esters is 1. The smallest absolute Gasteiger partial charge is 0.306 e. The van der Waals surface area contributed by atoms with E-state index in [9.17, 15) is 9.59 Å². The van der Waals surface area contributed by atoms with Crippen LogP contribution in [0.2, 0.25) is 0 Å². The maximum absolute atomic E-state index is 11.7. The molecule has 4 heteroatoms. The normalized spacial score (nSPS) is 22.9. The summed E-state index contributed by atoms with van der Waals surface area (Å²) in [6.07, 6.45) is 9.15. The van der Waals surface area contributed by atoms with Crippen molar-refractivity contribution in [2.75, 3.05) is 13.2 Å². The van der Waals surface area contributed by atoms with Gasteiger partial charge in [-0.3, -0.25) is 9.59 Å². The summed E-state index contributed by atoms with van der Waals surface area (Å²) in [4.78, 5) is 23.1. The molecule has 1 rings (SSSR count). The molecule has 0 aromatic heterocycles. The first-order valence-corrected chi connectivity index (χ1v) is 6.32. The van der Waals surface area contributed by atoms with Crippen molar-refractivity contribution in [1.29, 1.82) is 0 Å². The second-order valence-corrected chi connectivity index (χ2v) is 4.30. The van der Waals surface area contributed by atoms with E-state index in [0.29, 0.717) is 6.42 Å². The fourth-order valence-electron chi connectivity index (χ4n) is 2.01. The summed E-state index contributed by atoms with van der Waals surface area (Å²) in [6, 6.07) is 0. The molecule has 100 valence electrons. The summed E-state index contributed by atoms with van der Waals surface area (Å²) in [5.74, 6) is -0.506. The Kier molecular flexibility index (Phi) is 6.36. The van der Waals surface area contributed by atoms with Crippen molar-refractivity contribution in [2.24, 2.45) is 11.8 Å². The van der Waals surface area contributed by atoms with Gasteiger partial charge in [0.25, 0.3) is 0 Å². The summed E-state index contributed by atoms with van der Waals surface area (Å²) >= 11 is 0. The van der Waals surface area contributed by atoms with Crippen LogP contribution in [0.15, 0.2) is 24.3 Å². The van der Waals surface area contributed by atoms with Crippen molar-refractivity contribution < 1.29 is 19.4 Å². The standard InChI is InChI=1S/C14H20O4/c1-2-3-4-5-12-11(6-7-13(12)16)10-14(17)18-9-8-15/h3-4,6-7,11-12,15H,2,5,8-10H2,1H3/b4-3-/t11-,12+/m0/s1. The largest absolute Gasteiger partial charge is 0.463 e. The highest BCUT2D eigenvalue weighted by atomic mass is 16.5. The van der Waals surface area contributed by atoms with Crippen LogP contribution in [-0.4, -0.2) is 30.1 Å². The molecule has 0 fully saturated rings. The van der Waals surface area contributed by atoms with E-state index in [1.54, 1.807) is 12.2 Å². The molecule has 1 aliphatic carbocycles. The number of rotatable bonds is 7. The molecule has 0 radical (unpaired) electrons. The second-order valence-electron chi connectivity index (χ2n) is 4.30. The monoisotopic (exact) mass is 252 g/mol. The molecule has 0 aromatic rings. The molecular formula is C14H20O4. The number of allylic oxidation sites excluding steroid dienone is 4. The van der Waals surface area contributed by atoms with Crippen molar-refractivity contribution in [2.45, 2.75) is 26.2 Å². The van der Waals surface area contributed by atoms with Crippen LogP contribution < -0.4 is 0 Å². The Hall–Kier alpha value is -1.42. The molecule has 2 atom stereocenters. The molecular weight excluding hydrogens is 232 g/mol. The quantitative estimate of drug-likeness (QED) is 0.552. The molecule has 4 nitrogen and oxygen atoms in total. The van der Waals surface area contributed by atoms with Gasteiger partial charge in [0, 0.05) is 5.92 Å². The van der Waals surface area contributed by atoms with E-state index in [4.69, 9.17) is 9.84 Å². The minimum atomic E-state index is -0.363. The third-order valence-electron chi connectivity index (χ3n) is 2.94. The highest BCUT2D eigenvalue weighted by Gasteiger charge is 2.30. The summed E-state index contributed by atoms with van der Waals surface area (Å²) < 4.78 is 4.81. The van der Waals surface area contributed by atoms with Crippen LogP contribution in [0.1, 0.15) is 26.2 Å². The summed E-state index contributed by atoms with van der Waals surface area (Å²) in [6.45, 7) is 1.88. The van der Waals surface area contributed by atoms with Crippen LogP contribution in [0.5, 0.6) is 0 Å². The predicted octanol–water partition coefficient (Wildman–Crippen LogP) is 1.64. The minimum absolute atomic E-state index is 0.0175. The lowest BCUT2D eigenvalue weighted by atomic mass is 9.89. The number of carbonyl (C=O) groups excluding carboxylic acids is 2.